The van der Waals surface area contributed by atoms with E-state index in [2.05, 4.69) is 33.4 Å². The van der Waals surface area contributed by atoms with Crippen molar-refractivity contribution < 1.29 is 13.9 Å². The molecule has 2 aromatic heterocycles. The van der Waals surface area contributed by atoms with Crippen LogP contribution in [0.2, 0.25) is 0 Å². The average Bonchev–Trinajstić information content (AvgIpc) is 3.45. The minimum absolute atomic E-state index is 0.102. The summed E-state index contributed by atoms with van der Waals surface area (Å²) in [4.78, 5) is 17.1. The number of morpholine rings is 1. The second kappa shape index (κ2) is 9.64. The number of hydrogen-bond acceptors (Lipinski definition) is 8. The van der Waals surface area contributed by atoms with Crippen molar-refractivity contribution >= 4 is 40.4 Å². The number of hydrogen-bond donors (Lipinski definition) is 1. The molecule has 1 aliphatic carbocycles. The smallest absolute Gasteiger partial charge is 0.277 e. The highest BCUT2D eigenvalue weighted by Gasteiger charge is 2.21. The molecule has 168 valence electrons. The first kappa shape index (κ1) is 21.5. The van der Waals surface area contributed by atoms with Crippen LogP contribution in [0.1, 0.15) is 23.8 Å². The highest BCUT2D eigenvalue weighted by atomic mass is 32.2. The Balaban J connectivity index is 1.14. The molecular weight excluding hydrogens is 444 g/mol. The molecule has 1 aliphatic heterocycles. The molecule has 9 heteroatoms. The van der Waals surface area contributed by atoms with Crippen molar-refractivity contribution in [3.63, 3.8) is 0 Å². The fourth-order valence-electron chi connectivity index (χ4n) is 4.08. The zero-order valence-electron chi connectivity index (χ0n) is 18.0. The third-order valence-electron chi connectivity index (χ3n) is 5.80. The monoisotopic (exact) mass is 470 g/mol. The van der Waals surface area contributed by atoms with E-state index in [0.717, 1.165) is 61.3 Å². The first-order valence-corrected chi connectivity index (χ1v) is 12.7. The van der Waals surface area contributed by atoms with Crippen LogP contribution in [0.3, 0.4) is 0 Å². The molecule has 0 unspecified atom stereocenters. The van der Waals surface area contributed by atoms with Crippen molar-refractivity contribution in [3.05, 3.63) is 40.8 Å². The van der Waals surface area contributed by atoms with Crippen molar-refractivity contribution in [1.82, 2.24) is 10.2 Å². The summed E-state index contributed by atoms with van der Waals surface area (Å²) < 4.78 is 11.2. The number of nitrogens with one attached hydrogen (secondary N) is 1. The highest BCUT2D eigenvalue weighted by Crippen LogP contribution is 2.37. The summed E-state index contributed by atoms with van der Waals surface area (Å²) in [5.41, 5.74) is 3.33. The van der Waals surface area contributed by atoms with Gasteiger partial charge in [-0.15, -0.1) is 21.5 Å². The topological polar surface area (TPSA) is 80.5 Å². The van der Waals surface area contributed by atoms with Crippen LogP contribution in [-0.4, -0.2) is 48.2 Å². The second-order valence-corrected chi connectivity index (χ2v) is 10.3. The van der Waals surface area contributed by atoms with E-state index in [9.17, 15) is 4.79 Å². The first-order chi connectivity index (χ1) is 15.6. The third-order valence-corrected chi connectivity index (χ3v) is 7.84. The summed E-state index contributed by atoms with van der Waals surface area (Å²) in [5.74, 6) is 1.38. The zero-order chi connectivity index (χ0) is 21.9. The van der Waals surface area contributed by atoms with E-state index in [1.54, 1.807) is 11.3 Å². The molecule has 1 atom stereocenters. The molecule has 1 saturated heterocycles. The Bertz CT molecular complexity index is 1070. The molecule has 0 bridgehead atoms. The number of amides is 1. The number of anilines is 2. The van der Waals surface area contributed by atoms with Crippen LogP contribution >= 0.6 is 23.1 Å². The van der Waals surface area contributed by atoms with Crippen LogP contribution in [0.4, 0.5) is 11.4 Å². The van der Waals surface area contributed by atoms with Gasteiger partial charge in [-0.05, 0) is 61.1 Å². The molecule has 0 radical (unpaired) electrons. The molecule has 32 heavy (non-hydrogen) atoms. The van der Waals surface area contributed by atoms with Crippen LogP contribution in [0.25, 0.3) is 10.8 Å². The molecule has 0 spiro atoms. The van der Waals surface area contributed by atoms with Crippen molar-refractivity contribution in [2.24, 2.45) is 5.92 Å². The summed E-state index contributed by atoms with van der Waals surface area (Å²) >= 11 is 3.00. The lowest BCUT2D eigenvalue weighted by Gasteiger charge is -2.28. The number of nitrogens with zero attached hydrogens (tertiary/aromatic N) is 3. The summed E-state index contributed by atoms with van der Waals surface area (Å²) in [6.45, 7) is 5.58. The van der Waals surface area contributed by atoms with Gasteiger partial charge in [0.15, 0.2) is 0 Å². The number of fused-ring (bicyclic) bond motifs is 1. The van der Waals surface area contributed by atoms with E-state index in [0.29, 0.717) is 11.1 Å². The predicted molar refractivity (Wildman–Crippen MR) is 128 cm³/mol. The van der Waals surface area contributed by atoms with E-state index in [4.69, 9.17) is 9.15 Å². The normalized spacial score (nSPS) is 18.4. The maximum Gasteiger partial charge on any atom is 0.277 e. The number of benzene rings is 1. The van der Waals surface area contributed by atoms with E-state index >= 15 is 0 Å². The number of carbonyl (C=O) groups is 1. The Morgan fingerprint density at radius 3 is 2.88 bits per heavy atom. The van der Waals surface area contributed by atoms with E-state index < -0.39 is 0 Å². The molecule has 5 rings (SSSR count). The Labute approximate surface area is 195 Å². The zero-order valence-corrected chi connectivity index (χ0v) is 19.6. The Hall–Kier alpha value is -2.36. The van der Waals surface area contributed by atoms with Gasteiger partial charge in [-0.1, -0.05) is 18.7 Å². The molecule has 0 saturated carbocycles. The number of rotatable bonds is 6. The van der Waals surface area contributed by atoms with E-state index in [-0.39, 0.29) is 11.7 Å². The van der Waals surface area contributed by atoms with Gasteiger partial charge in [0, 0.05) is 29.3 Å². The molecule has 2 aliphatic rings. The van der Waals surface area contributed by atoms with Crippen LogP contribution in [0.15, 0.2) is 40.0 Å². The maximum absolute atomic E-state index is 12.4. The van der Waals surface area contributed by atoms with Gasteiger partial charge in [0.25, 0.3) is 11.1 Å². The lowest BCUT2D eigenvalue weighted by Crippen LogP contribution is -2.36. The standard InChI is InChI=1S/C23H26N4O3S2/c1-15-2-7-19-16(12-15)13-20(32-19)22-25-26-23(30-22)31-14-21(28)24-17-3-5-18(6-4-17)27-8-10-29-11-9-27/h3-6,13,15H,2,7-12,14H2,1H3,(H,24,28)/t15-/m1/s1. The van der Waals surface area contributed by atoms with Gasteiger partial charge in [0.1, 0.15) is 0 Å². The largest absolute Gasteiger partial charge is 0.410 e. The molecule has 3 heterocycles. The van der Waals surface area contributed by atoms with Crippen LogP contribution < -0.4 is 10.2 Å². The number of thioether (sulfide) groups is 1. The van der Waals surface area contributed by atoms with Crippen molar-refractivity contribution in [2.75, 3.05) is 42.3 Å². The number of carbonyl (C=O) groups excluding carboxylic acids is 1. The first-order valence-electron chi connectivity index (χ1n) is 10.9. The molecule has 1 fully saturated rings. The molecule has 1 aromatic carbocycles. The maximum atomic E-state index is 12.4. The van der Waals surface area contributed by atoms with Crippen molar-refractivity contribution in [1.29, 1.82) is 0 Å². The summed E-state index contributed by atoms with van der Waals surface area (Å²) in [5, 5.41) is 11.6. The molecule has 1 amide bonds. The highest BCUT2D eigenvalue weighted by molar-refractivity contribution is 7.99. The van der Waals surface area contributed by atoms with Gasteiger partial charge >= 0.3 is 0 Å². The summed E-state index contributed by atoms with van der Waals surface area (Å²) in [6, 6.07) is 10.1. The fourth-order valence-corrected chi connectivity index (χ4v) is 5.77. The van der Waals surface area contributed by atoms with E-state index in [1.807, 2.05) is 24.3 Å². The Morgan fingerprint density at radius 2 is 2.06 bits per heavy atom. The van der Waals surface area contributed by atoms with Gasteiger partial charge in [-0.2, -0.15) is 0 Å². The average molecular weight is 471 g/mol. The third kappa shape index (κ3) is 5.00. The van der Waals surface area contributed by atoms with Crippen LogP contribution in [-0.2, 0) is 22.4 Å². The minimum Gasteiger partial charge on any atom is -0.410 e. The molecule has 7 nitrogen and oxygen atoms in total. The predicted octanol–water partition coefficient (Wildman–Crippen LogP) is 4.49. The lowest BCUT2D eigenvalue weighted by molar-refractivity contribution is -0.113. The number of aromatic nitrogens is 2. The van der Waals surface area contributed by atoms with Gasteiger partial charge in [-0.3, -0.25) is 4.79 Å². The van der Waals surface area contributed by atoms with Gasteiger partial charge in [0.2, 0.25) is 5.91 Å². The molecule has 1 N–H and O–H groups in total. The lowest BCUT2D eigenvalue weighted by atomic mass is 9.90. The van der Waals surface area contributed by atoms with Gasteiger partial charge in [0.05, 0.1) is 23.8 Å². The molecular formula is C23H26N4O3S2. The fraction of sp³-hybridized carbons (Fsp3) is 0.435. The van der Waals surface area contributed by atoms with E-state index in [1.165, 1.54) is 28.6 Å². The second-order valence-electron chi connectivity index (χ2n) is 8.26. The minimum atomic E-state index is -0.102. The Morgan fingerprint density at radius 1 is 1.25 bits per heavy atom. The molecule has 3 aromatic rings. The van der Waals surface area contributed by atoms with Crippen LogP contribution in [0.5, 0.6) is 0 Å². The van der Waals surface area contributed by atoms with Crippen LogP contribution in [0, 0.1) is 5.92 Å². The Kier molecular flexibility index (Phi) is 6.47. The quantitative estimate of drug-likeness (QED) is 0.532. The number of ether oxygens (including phenoxy) is 1. The number of aryl methyl sites for hydroxylation is 1. The summed E-state index contributed by atoms with van der Waals surface area (Å²) in [7, 11) is 0. The summed E-state index contributed by atoms with van der Waals surface area (Å²) in [6.07, 6.45) is 3.49. The van der Waals surface area contributed by atoms with Gasteiger partial charge < -0.3 is 19.4 Å². The van der Waals surface area contributed by atoms with Crippen molar-refractivity contribution in [2.45, 2.75) is 31.4 Å². The van der Waals surface area contributed by atoms with Crippen molar-refractivity contribution in [3.8, 4) is 10.8 Å². The number of thiophene rings is 1. The van der Waals surface area contributed by atoms with Gasteiger partial charge in [-0.25, -0.2) is 0 Å². The SMILES string of the molecule is C[C@@H]1CCc2sc(-c3nnc(SCC(=O)Nc4ccc(N5CCOCC5)cc4)o3)cc2C1.